The fourth-order valence-electron chi connectivity index (χ4n) is 1.53. The van der Waals surface area contributed by atoms with Crippen LogP contribution in [0.4, 0.5) is 0 Å². The largest absolute Gasteiger partial charge is 0.449 e. The minimum Gasteiger partial charge on any atom is -0.449 e. The summed E-state index contributed by atoms with van der Waals surface area (Å²) in [4.78, 5) is 11.4. The maximum absolute atomic E-state index is 11.4. The first kappa shape index (κ1) is 9.85. The minimum absolute atomic E-state index is 0.0499. The summed E-state index contributed by atoms with van der Waals surface area (Å²) >= 11 is 0. The summed E-state index contributed by atoms with van der Waals surface area (Å²) < 4.78 is 4.87. The predicted octanol–water partition coefficient (Wildman–Crippen LogP) is 1.91. The van der Waals surface area contributed by atoms with E-state index in [1.165, 1.54) is 0 Å². The Hall–Kier alpha value is -1.23. The molecule has 1 aliphatic carbocycles. The molecule has 70 valence electrons. The molecule has 1 aliphatic rings. The van der Waals surface area contributed by atoms with Gasteiger partial charge in [0.2, 0.25) is 0 Å². The van der Waals surface area contributed by atoms with Crippen LogP contribution in [-0.4, -0.2) is 12.6 Å². The number of hydrogen-bond acceptors (Lipinski definition) is 2. The smallest absolute Gasteiger partial charge is 0.335 e. The zero-order valence-electron chi connectivity index (χ0n) is 8.09. The number of rotatable bonds is 2. The lowest BCUT2D eigenvalue weighted by molar-refractivity contribution is -0.138. The van der Waals surface area contributed by atoms with Gasteiger partial charge in [-0.1, -0.05) is 25.8 Å². The van der Waals surface area contributed by atoms with Crippen molar-refractivity contribution in [3.63, 3.8) is 0 Å². The molecule has 0 bridgehead atoms. The molecule has 13 heavy (non-hydrogen) atoms. The maximum Gasteiger partial charge on any atom is 0.335 e. The van der Waals surface area contributed by atoms with Gasteiger partial charge in [0.15, 0.2) is 6.61 Å². The molecule has 0 saturated heterocycles. The Kier molecular flexibility index (Phi) is 2.77. The van der Waals surface area contributed by atoms with E-state index in [1.54, 1.807) is 0 Å². The van der Waals surface area contributed by atoms with Crippen molar-refractivity contribution >= 4 is 5.97 Å². The number of hydrogen-bond donors (Lipinski definition) is 0. The lowest BCUT2D eigenvalue weighted by atomic mass is 9.86. The van der Waals surface area contributed by atoms with Crippen molar-refractivity contribution in [3.8, 4) is 12.3 Å². The molecule has 0 aromatic carbocycles. The standard InChI is InChI=1S/C11H14O2/c1-4-8-13-10(12)9-6-5-7-11(9,2)3/h1,6H,5,7-8H2,2-3H3. The van der Waals surface area contributed by atoms with Crippen LogP contribution in [0.2, 0.25) is 0 Å². The van der Waals surface area contributed by atoms with Crippen molar-refractivity contribution in [3.05, 3.63) is 11.6 Å². The van der Waals surface area contributed by atoms with Gasteiger partial charge in [0.25, 0.3) is 0 Å². The molecule has 0 aromatic rings. The molecule has 0 saturated carbocycles. The highest BCUT2D eigenvalue weighted by Crippen LogP contribution is 2.38. The van der Waals surface area contributed by atoms with E-state index < -0.39 is 0 Å². The van der Waals surface area contributed by atoms with E-state index in [0.29, 0.717) is 0 Å². The lowest BCUT2D eigenvalue weighted by Gasteiger charge is -2.20. The van der Waals surface area contributed by atoms with Gasteiger partial charge < -0.3 is 4.74 Å². The zero-order valence-corrected chi connectivity index (χ0v) is 8.09. The lowest BCUT2D eigenvalue weighted by Crippen LogP contribution is -2.19. The van der Waals surface area contributed by atoms with Gasteiger partial charge in [-0.2, -0.15) is 0 Å². The van der Waals surface area contributed by atoms with Crippen LogP contribution in [0.3, 0.4) is 0 Å². The third kappa shape index (κ3) is 2.12. The topological polar surface area (TPSA) is 26.3 Å². The third-order valence-corrected chi connectivity index (χ3v) is 2.35. The van der Waals surface area contributed by atoms with E-state index in [-0.39, 0.29) is 18.0 Å². The van der Waals surface area contributed by atoms with Gasteiger partial charge in [0.05, 0.1) is 0 Å². The number of terminal acetylenes is 1. The highest BCUT2D eigenvalue weighted by atomic mass is 16.5. The van der Waals surface area contributed by atoms with Crippen LogP contribution in [0.25, 0.3) is 0 Å². The second kappa shape index (κ2) is 3.66. The summed E-state index contributed by atoms with van der Waals surface area (Å²) in [6.07, 6.45) is 8.90. The van der Waals surface area contributed by atoms with E-state index in [0.717, 1.165) is 18.4 Å². The Labute approximate surface area is 79.0 Å². The normalized spacial score (nSPS) is 19.0. The van der Waals surface area contributed by atoms with Crippen molar-refractivity contribution in [1.29, 1.82) is 0 Å². The van der Waals surface area contributed by atoms with Crippen LogP contribution in [0.5, 0.6) is 0 Å². The summed E-state index contributed by atoms with van der Waals surface area (Å²) in [5.41, 5.74) is 0.717. The number of allylic oxidation sites excluding steroid dienone is 1. The Morgan fingerprint density at radius 1 is 1.77 bits per heavy atom. The number of ether oxygens (including phenoxy) is 1. The number of carbonyl (C=O) groups is 1. The molecule has 0 radical (unpaired) electrons. The van der Waals surface area contributed by atoms with Gasteiger partial charge >= 0.3 is 5.97 Å². The number of carbonyl (C=O) groups excluding carboxylic acids is 1. The van der Waals surface area contributed by atoms with Gasteiger partial charge in [-0.25, -0.2) is 4.79 Å². The molecule has 0 heterocycles. The molecule has 0 atom stereocenters. The molecule has 0 spiro atoms. The maximum atomic E-state index is 11.4. The first-order chi connectivity index (χ1) is 6.08. The van der Waals surface area contributed by atoms with Gasteiger partial charge in [-0.3, -0.25) is 0 Å². The van der Waals surface area contributed by atoms with Crippen molar-refractivity contribution in [1.82, 2.24) is 0 Å². The summed E-state index contributed by atoms with van der Waals surface area (Å²) in [5, 5.41) is 0. The summed E-state index contributed by atoms with van der Waals surface area (Å²) in [7, 11) is 0. The van der Waals surface area contributed by atoms with E-state index in [1.807, 2.05) is 19.9 Å². The average Bonchev–Trinajstić information content (AvgIpc) is 2.41. The molecule has 2 heteroatoms. The SMILES string of the molecule is C#CCOC(=O)C1=CCCC1(C)C. The van der Waals surface area contributed by atoms with Gasteiger partial charge in [0.1, 0.15) is 0 Å². The van der Waals surface area contributed by atoms with Crippen molar-refractivity contribution in [2.24, 2.45) is 5.41 Å². The number of esters is 1. The van der Waals surface area contributed by atoms with Crippen LogP contribution in [0.15, 0.2) is 11.6 Å². The quantitative estimate of drug-likeness (QED) is 0.477. The molecule has 0 unspecified atom stereocenters. The molecule has 0 fully saturated rings. The Morgan fingerprint density at radius 3 is 2.92 bits per heavy atom. The summed E-state index contributed by atoms with van der Waals surface area (Å²) in [5.74, 6) is 2.02. The molecular weight excluding hydrogens is 164 g/mol. The second-order valence-electron chi connectivity index (χ2n) is 3.82. The molecule has 0 amide bonds. The summed E-state index contributed by atoms with van der Waals surface area (Å²) in [6, 6.07) is 0. The van der Waals surface area contributed by atoms with Crippen LogP contribution in [0.1, 0.15) is 26.7 Å². The first-order valence-corrected chi connectivity index (χ1v) is 4.39. The van der Waals surface area contributed by atoms with Gasteiger partial charge in [-0.15, -0.1) is 6.42 Å². The van der Waals surface area contributed by atoms with Crippen molar-refractivity contribution in [2.45, 2.75) is 26.7 Å². The van der Waals surface area contributed by atoms with E-state index in [4.69, 9.17) is 11.2 Å². The Balaban J connectivity index is 2.63. The van der Waals surface area contributed by atoms with Crippen molar-refractivity contribution < 1.29 is 9.53 Å². The average molecular weight is 178 g/mol. The van der Waals surface area contributed by atoms with E-state index >= 15 is 0 Å². The molecule has 1 rings (SSSR count). The van der Waals surface area contributed by atoms with E-state index in [9.17, 15) is 4.79 Å². The molecule has 2 nitrogen and oxygen atoms in total. The second-order valence-corrected chi connectivity index (χ2v) is 3.82. The first-order valence-electron chi connectivity index (χ1n) is 4.39. The summed E-state index contributed by atoms with van der Waals surface area (Å²) in [6.45, 7) is 4.15. The molecule has 0 aromatic heterocycles. The van der Waals surface area contributed by atoms with Gasteiger partial charge in [0, 0.05) is 5.57 Å². The highest BCUT2D eigenvalue weighted by Gasteiger charge is 2.32. The van der Waals surface area contributed by atoms with Crippen LogP contribution in [-0.2, 0) is 9.53 Å². The zero-order chi connectivity index (χ0) is 9.90. The Bertz CT molecular complexity index is 279. The molecule has 0 aliphatic heterocycles. The molecule has 0 N–H and O–H groups in total. The van der Waals surface area contributed by atoms with Crippen LogP contribution >= 0.6 is 0 Å². The third-order valence-electron chi connectivity index (χ3n) is 2.35. The minimum atomic E-state index is -0.263. The Morgan fingerprint density at radius 2 is 2.46 bits per heavy atom. The van der Waals surface area contributed by atoms with Crippen LogP contribution in [0, 0.1) is 17.8 Å². The van der Waals surface area contributed by atoms with Crippen molar-refractivity contribution in [2.75, 3.05) is 6.61 Å². The van der Waals surface area contributed by atoms with Gasteiger partial charge in [-0.05, 0) is 18.3 Å². The monoisotopic (exact) mass is 178 g/mol. The molecular formula is C11H14O2. The predicted molar refractivity (Wildman–Crippen MR) is 50.9 cm³/mol. The van der Waals surface area contributed by atoms with E-state index in [2.05, 4.69) is 5.92 Å². The highest BCUT2D eigenvalue weighted by molar-refractivity contribution is 5.90. The fourth-order valence-corrected chi connectivity index (χ4v) is 1.53. The van der Waals surface area contributed by atoms with Crippen LogP contribution < -0.4 is 0 Å². The fraction of sp³-hybridized carbons (Fsp3) is 0.545.